The molecule has 0 aliphatic rings. The Labute approximate surface area is 117 Å². The van der Waals surface area contributed by atoms with E-state index >= 15 is 0 Å². The predicted octanol–water partition coefficient (Wildman–Crippen LogP) is 4.26. The molecular weight excluding hydrogens is 302 g/mol. The Morgan fingerprint density at radius 1 is 1.41 bits per heavy atom. The Kier molecular flexibility index (Phi) is 5.77. The van der Waals surface area contributed by atoms with E-state index in [1.807, 2.05) is 18.2 Å². The maximum atomic E-state index is 5.86. The van der Waals surface area contributed by atoms with E-state index in [1.54, 1.807) is 0 Å². The minimum Gasteiger partial charge on any atom is -0.491 e. The molecule has 0 radical (unpaired) electrons. The molecule has 0 spiro atoms. The van der Waals surface area contributed by atoms with Crippen LogP contribution in [0.2, 0.25) is 5.02 Å². The summed E-state index contributed by atoms with van der Waals surface area (Å²) in [6, 6.07) is 5.53. The molecule has 0 saturated carbocycles. The molecule has 0 unspecified atom stereocenters. The van der Waals surface area contributed by atoms with Crippen LogP contribution >= 0.6 is 27.5 Å². The van der Waals surface area contributed by atoms with Crippen LogP contribution in [0.3, 0.4) is 0 Å². The van der Waals surface area contributed by atoms with Crippen molar-refractivity contribution in [3.63, 3.8) is 0 Å². The summed E-state index contributed by atoms with van der Waals surface area (Å²) in [6.45, 7) is 8.01. The Bertz CT molecular complexity index is 368. The number of halogens is 2. The monoisotopic (exact) mass is 319 g/mol. The zero-order chi connectivity index (χ0) is 12.9. The lowest BCUT2D eigenvalue weighted by atomic mass is 10.0. The number of nitrogens with one attached hydrogen (secondary N) is 1. The van der Waals surface area contributed by atoms with Gasteiger partial charge < -0.3 is 10.1 Å². The van der Waals surface area contributed by atoms with Crippen LogP contribution < -0.4 is 10.1 Å². The van der Waals surface area contributed by atoms with E-state index in [1.165, 1.54) is 0 Å². The number of rotatable bonds is 6. The van der Waals surface area contributed by atoms with Gasteiger partial charge in [-0.2, -0.15) is 0 Å². The third-order valence-electron chi connectivity index (χ3n) is 2.74. The van der Waals surface area contributed by atoms with Crippen LogP contribution in [0.1, 0.15) is 27.2 Å². The van der Waals surface area contributed by atoms with Gasteiger partial charge in [0.15, 0.2) is 0 Å². The lowest BCUT2D eigenvalue weighted by Crippen LogP contribution is -2.40. The molecule has 0 atom stereocenters. The summed E-state index contributed by atoms with van der Waals surface area (Å²) in [5.74, 6) is 0.825. The molecule has 0 amide bonds. The highest BCUT2D eigenvalue weighted by atomic mass is 79.9. The van der Waals surface area contributed by atoms with Gasteiger partial charge >= 0.3 is 0 Å². The van der Waals surface area contributed by atoms with E-state index < -0.39 is 0 Å². The number of ether oxygens (including phenoxy) is 1. The van der Waals surface area contributed by atoms with Gasteiger partial charge in [-0.15, -0.1) is 0 Å². The fourth-order valence-electron chi connectivity index (χ4n) is 1.27. The molecule has 0 aromatic heterocycles. The molecule has 2 nitrogen and oxygen atoms in total. The number of hydrogen-bond acceptors (Lipinski definition) is 2. The molecule has 0 aliphatic heterocycles. The third-order valence-corrected chi connectivity index (χ3v) is 3.60. The van der Waals surface area contributed by atoms with Crippen molar-refractivity contribution in [1.82, 2.24) is 5.32 Å². The summed E-state index contributed by atoms with van der Waals surface area (Å²) in [5, 5.41) is 4.15. The Hall–Kier alpha value is -0.250. The molecule has 17 heavy (non-hydrogen) atoms. The quantitative estimate of drug-likeness (QED) is 0.791. The lowest BCUT2D eigenvalue weighted by Gasteiger charge is -2.24. The zero-order valence-electron chi connectivity index (χ0n) is 10.5. The number of benzene rings is 1. The van der Waals surface area contributed by atoms with Gasteiger partial charge in [0.25, 0.3) is 0 Å². The summed E-state index contributed by atoms with van der Waals surface area (Å²) in [7, 11) is 0. The highest BCUT2D eigenvalue weighted by Crippen LogP contribution is 2.27. The van der Waals surface area contributed by atoms with Crippen LogP contribution in [0, 0.1) is 0 Å². The Morgan fingerprint density at radius 2 is 2.12 bits per heavy atom. The first-order chi connectivity index (χ1) is 7.94. The zero-order valence-corrected chi connectivity index (χ0v) is 12.9. The second-order valence-corrected chi connectivity index (χ2v) is 5.88. The van der Waals surface area contributed by atoms with Gasteiger partial charge in [0, 0.05) is 17.1 Å². The molecule has 1 aromatic carbocycles. The molecular formula is C13H19BrClNO. The molecule has 96 valence electrons. The second-order valence-electron chi connectivity index (χ2n) is 4.59. The summed E-state index contributed by atoms with van der Waals surface area (Å²) in [4.78, 5) is 0. The smallest absolute Gasteiger partial charge is 0.133 e. The van der Waals surface area contributed by atoms with Crippen molar-refractivity contribution in [2.45, 2.75) is 32.7 Å². The van der Waals surface area contributed by atoms with E-state index in [2.05, 4.69) is 42.0 Å². The molecule has 1 rings (SSSR count). The predicted molar refractivity (Wildman–Crippen MR) is 77.0 cm³/mol. The van der Waals surface area contributed by atoms with Gasteiger partial charge in [-0.05, 0) is 54.4 Å². The van der Waals surface area contributed by atoms with Crippen LogP contribution in [-0.2, 0) is 0 Å². The fraction of sp³-hybridized carbons (Fsp3) is 0.538. The van der Waals surface area contributed by atoms with Gasteiger partial charge in [0.05, 0.1) is 4.47 Å². The lowest BCUT2D eigenvalue weighted by molar-refractivity contribution is 0.279. The standard InChI is InChI=1S/C13H19BrClNO/c1-4-13(2,3)16-7-8-17-12-6-5-10(15)9-11(12)14/h5-6,9,16H,4,7-8H2,1-3H3. The molecule has 0 aliphatic carbocycles. The first-order valence-corrected chi connectivity index (χ1v) is 6.94. The third kappa shape index (κ3) is 5.28. The molecule has 0 fully saturated rings. The van der Waals surface area contributed by atoms with Gasteiger partial charge in [0.1, 0.15) is 12.4 Å². The molecule has 0 heterocycles. The van der Waals surface area contributed by atoms with Crippen LogP contribution in [0.4, 0.5) is 0 Å². The van der Waals surface area contributed by atoms with Crippen molar-refractivity contribution in [3.05, 3.63) is 27.7 Å². The maximum Gasteiger partial charge on any atom is 0.133 e. The van der Waals surface area contributed by atoms with E-state index in [4.69, 9.17) is 16.3 Å². The molecule has 1 N–H and O–H groups in total. The average Bonchev–Trinajstić information content (AvgIpc) is 2.27. The molecule has 0 saturated heterocycles. The van der Waals surface area contributed by atoms with Gasteiger partial charge in [0.2, 0.25) is 0 Å². The van der Waals surface area contributed by atoms with Crippen molar-refractivity contribution in [1.29, 1.82) is 0 Å². The van der Waals surface area contributed by atoms with Crippen molar-refractivity contribution in [3.8, 4) is 5.75 Å². The van der Waals surface area contributed by atoms with Crippen LogP contribution in [0.15, 0.2) is 22.7 Å². The van der Waals surface area contributed by atoms with Crippen molar-refractivity contribution < 1.29 is 4.74 Å². The molecule has 1 aromatic rings. The SMILES string of the molecule is CCC(C)(C)NCCOc1ccc(Cl)cc1Br. The fourth-order valence-corrected chi connectivity index (χ4v) is 2.06. The second kappa shape index (κ2) is 6.62. The first-order valence-electron chi connectivity index (χ1n) is 5.77. The summed E-state index contributed by atoms with van der Waals surface area (Å²) in [6.07, 6.45) is 1.09. The largest absolute Gasteiger partial charge is 0.491 e. The van der Waals surface area contributed by atoms with E-state index in [9.17, 15) is 0 Å². The van der Waals surface area contributed by atoms with Crippen LogP contribution in [-0.4, -0.2) is 18.7 Å². The molecule has 0 bridgehead atoms. The summed E-state index contributed by atoms with van der Waals surface area (Å²) >= 11 is 9.28. The minimum atomic E-state index is 0.167. The van der Waals surface area contributed by atoms with Crippen LogP contribution in [0.25, 0.3) is 0 Å². The topological polar surface area (TPSA) is 21.3 Å². The van der Waals surface area contributed by atoms with E-state index in [0.717, 1.165) is 23.2 Å². The normalized spacial score (nSPS) is 11.6. The van der Waals surface area contributed by atoms with Gasteiger partial charge in [-0.1, -0.05) is 18.5 Å². The summed E-state index contributed by atoms with van der Waals surface area (Å²) < 4.78 is 6.55. The number of hydrogen-bond donors (Lipinski definition) is 1. The molecule has 4 heteroatoms. The van der Waals surface area contributed by atoms with E-state index in [-0.39, 0.29) is 5.54 Å². The van der Waals surface area contributed by atoms with Gasteiger partial charge in [-0.3, -0.25) is 0 Å². The highest BCUT2D eigenvalue weighted by molar-refractivity contribution is 9.10. The maximum absolute atomic E-state index is 5.86. The summed E-state index contributed by atoms with van der Waals surface area (Å²) in [5.41, 5.74) is 0.167. The van der Waals surface area contributed by atoms with Crippen molar-refractivity contribution in [2.24, 2.45) is 0 Å². The Morgan fingerprint density at radius 3 is 2.71 bits per heavy atom. The average molecular weight is 321 g/mol. The van der Waals surface area contributed by atoms with Gasteiger partial charge in [-0.25, -0.2) is 0 Å². The minimum absolute atomic E-state index is 0.167. The Balaban J connectivity index is 2.36. The highest BCUT2D eigenvalue weighted by Gasteiger charge is 2.12. The van der Waals surface area contributed by atoms with E-state index in [0.29, 0.717) is 11.6 Å². The van der Waals surface area contributed by atoms with Crippen LogP contribution in [0.5, 0.6) is 5.75 Å². The first kappa shape index (κ1) is 14.8. The van der Waals surface area contributed by atoms with Crippen molar-refractivity contribution >= 4 is 27.5 Å². The van der Waals surface area contributed by atoms with Crippen molar-refractivity contribution in [2.75, 3.05) is 13.2 Å².